The van der Waals surface area contributed by atoms with Crippen LogP contribution >= 0.6 is 0 Å². The number of nitrogens with two attached hydrogens (primary N) is 2. The van der Waals surface area contributed by atoms with Crippen molar-refractivity contribution in [3.63, 3.8) is 0 Å². The lowest BCUT2D eigenvalue weighted by atomic mass is 9.98. The Labute approximate surface area is 129 Å². The molecular weight excluding hydrogens is 284 g/mol. The molecule has 1 aromatic heterocycles. The predicted molar refractivity (Wildman–Crippen MR) is 81.1 cm³/mol. The Morgan fingerprint density at radius 2 is 2.32 bits per heavy atom. The van der Waals surface area contributed by atoms with Crippen molar-refractivity contribution in [1.82, 2.24) is 15.0 Å². The van der Waals surface area contributed by atoms with Crippen molar-refractivity contribution in [3.8, 4) is 0 Å². The minimum Gasteiger partial charge on any atom is -0.370 e. The van der Waals surface area contributed by atoms with Crippen LogP contribution in [0.1, 0.15) is 36.8 Å². The van der Waals surface area contributed by atoms with Gasteiger partial charge in [0, 0.05) is 32.6 Å². The first kappa shape index (κ1) is 14.7. The van der Waals surface area contributed by atoms with E-state index in [1.165, 1.54) is 0 Å². The lowest BCUT2D eigenvalue weighted by Gasteiger charge is -2.28. The van der Waals surface area contributed by atoms with Crippen molar-refractivity contribution in [2.45, 2.75) is 37.8 Å². The summed E-state index contributed by atoms with van der Waals surface area (Å²) in [7, 11) is 1.87. The van der Waals surface area contributed by atoms with Crippen molar-refractivity contribution in [2.75, 3.05) is 20.1 Å². The maximum atomic E-state index is 12.2. The van der Waals surface area contributed by atoms with Gasteiger partial charge < -0.3 is 25.8 Å². The van der Waals surface area contributed by atoms with Gasteiger partial charge >= 0.3 is 6.03 Å². The normalized spacial score (nSPS) is 24.0. The summed E-state index contributed by atoms with van der Waals surface area (Å²) in [6.07, 6.45) is 3.47. The van der Waals surface area contributed by atoms with Crippen LogP contribution in [0.2, 0.25) is 0 Å². The molecule has 8 heteroatoms. The Morgan fingerprint density at radius 1 is 1.50 bits per heavy atom. The number of carbonyl (C=O) groups excluding carboxylic acids is 1. The molecule has 0 spiro atoms. The third kappa shape index (κ3) is 2.72. The van der Waals surface area contributed by atoms with E-state index >= 15 is 0 Å². The molecule has 2 aliphatic heterocycles. The van der Waals surface area contributed by atoms with Crippen molar-refractivity contribution in [1.29, 1.82) is 0 Å². The zero-order valence-electron chi connectivity index (χ0n) is 12.7. The molecule has 0 saturated carbocycles. The molecule has 0 unspecified atom stereocenters. The second-order valence-electron chi connectivity index (χ2n) is 5.92. The zero-order chi connectivity index (χ0) is 15.7. The number of rotatable bonds is 5. The second-order valence-corrected chi connectivity index (χ2v) is 5.92. The number of aromatic nitrogens is 1. The molecule has 3 rings (SSSR count). The first-order chi connectivity index (χ1) is 10.6. The number of aliphatic imine (C=N–C) groups is 1. The van der Waals surface area contributed by atoms with Crippen LogP contribution < -0.4 is 11.5 Å². The number of nitrogens with zero attached hydrogens (tertiary/aromatic N) is 4. The first-order valence-electron chi connectivity index (χ1n) is 7.60. The molecule has 0 aromatic carbocycles. The van der Waals surface area contributed by atoms with Crippen molar-refractivity contribution < 1.29 is 9.32 Å². The van der Waals surface area contributed by atoms with E-state index < -0.39 is 0 Å². The average molecular weight is 306 g/mol. The molecule has 2 fully saturated rings. The Bertz CT molecular complexity index is 580. The maximum Gasteiger partial charge on any atom is 0.320 e. The number of hydrogen-bond acceptors (Lipinski definition) is 4. The lowest BCUT2D eigenvalue weighted by molar-refractivity contribution is 0.177. The van der Waals surface area contributed by atoms with Gasteiger partial charge in [-0.25, -0.2) is 4.79 Å². The fourth-order valence-corrected chi connectivity index (χ4v) is 3.21. The molecule has 0 aliphatic carbocycles. The summed E-state index contributed by atoms with van der Waals surface area (Å²) in [6, 6.07) is 2.41. The van der Waals surface area contributed by atoms with Gasteiger partial charge in [-0.2, -0.15) is 0 Å². The van der Waals surface area contributed by atoms with E-state index in [9.17, 15) is 4.79 Å². The highest BCUT2D eigenvalue weighted by atomic mass is 16.5. The van der Waals surface area contributed by atoms with E-state index in [1.54, 1.807) is 0 Å². The van der Waals surface area contributed by atoms with Crippen molar-refractivity contribution in [3.05, 3.63) is 17.5 Å². The number of guanidine groups is 1. The topological polar surface area (TPSA) is 114 Å². The van der Waals surface area contributed by atoms with Gasteiger partial charge in [0.2, 0.25) is 0 Å². The number of fused-ring (bicyclic) bond motifs is 2. The van der Waals surface area contributed by atoms with Gasteiger partial charge in [-0.05, 0) is 19.3 Å². The molecule has 120 valence electrons. The average Bonchev–Trinajstić information content (AvgIpc) is 3.05. The Hall–Kier alpha value is -2.25. The van der Waals surface area contributed by atoms with Crippen LogP contribution in [0.5, 0.6) is 0 Å². The number of piperidine rings is 1. The van der Waals surface area contributed by atoms with Crippen LogP contribution in [0, 0.1) is 0 Å². The molecule has 2 bridgehead atoms. The summed E-state index contributed by atoms with van der Waals surface area (Å²) < 4.78 is 5.38. The van der Waals surface area contributed by atoms with Crippen LogP contribution in [-0.4, -0.2) is 53.1 Å². The SMILES string of the molecule is CN1C(=O)N2C[C@H]1CC[C@H]2c1cc(CCCN=C(N)N)on1. The summed E-state index contributed by atoms with van der Waals surface area (Å²) in [5.74, 6) is 0.912. The standard InChI is InChI=1S/C14H22N6O2/c1-19-9-4-5-12(20(8-9)14(19)21)11-7-10(22-18-11)3-2-6-17-13(15)16/h7,9,12H,2-6,8H2,1H3,(H4,15,16,17)/t9-,12+/m1/s1. The van der Waals surface area contributed by atoms with E-state index in [2.05, 4.69) is 10.1 Å². The summed E-state index contributed by atoms with van der Waals surface area (Å²) in [5, 5.41) is 4.16. The number of amides is 2. The Kier molecular flexibility index (Phi) is 3.91. The predicted octanol–water partition coefficient (Wildman–Crippen LogP) is 0.452. The third-order valence-corrected chi connectivity index (χ3v) is 4.45. The molecular formula is C14H22N6O2. The summed E-state index contributed by atoms with van der Waals surface area (Å²) in [5.41, 5.74) is 11.4. The van der Waals surface area contributed by atoms with Crippen LogP contribution in [0.25, 0.3) is 0 Å². The van der Waals surface area contributed by atoms with Gasteiger partial charge in [0.15, 0.2) is 5.96 Å². The van der Waals surface area contributed by atoms with E-state index in [4.69, 9.17) is 16.0 Å². The number of urea groups is 1. The van der Waals surface area contributed by atoms with Crippen LogP contribution in [0.4, 0.5) is 4.79 Å². The van der Waals surface area contributed by atoms with Gasteiger partial charge in [0.25, 0.3) is 0 Å². The lowest BCUT2D eigenvalue weighted by Crippen LogP contribution is -2.34. The third-order valence-electron chi connectivity index (χ3n) is 4.45. The molecule has 4 N–H and O–H groups in total. The number of carbonyl (C=O) groups is 1. The molecule has 2 aliphatic rings. The first-order valence-corrected chi connectivity index (χ1v) is 7.60. The molecule has 1 aromatic rings. The summed E-state index contributed by atoms with van der Waals surface area (Å²) in [6.45, 7) is 1.35. The van der Waals surface area contributed by atoms with Gasteiger partial charge in [0.05, 0.1) is 12.1 Å². The van der Waals surface area contributed by atoms with Crippen LogP contribution in [-0.2, 0) is 6.42 Å². The molecule has 2 amide bonds. The van der Waals surface area contributed by atoms with Gasteiger partial charge in [0.1, 0.15) is 11.5 Å². The minimum absolute atomic E-state index is 0.0314. The zero-order valence-corrected chi connectivity index (χ0v) is 12.7. The molecule has 22 heavy (non-hydrogen) atoms. The highest BCUT2D eigenvalue weighted by Crippen LogP contribution is 2.37. The smallest absolute Gasteiger partial charge is 0.320 e. The largest absolute Gasteiger partial charge is 0.370 e. The van der Waals surface area contributed by atoms with Crippen LogP contribution in [0.3, 0.4) is 0 Å². The molecule has 3 heterocycles. The Morgan fingerprint density at radius 3 is 3.09 bits per heavy atom. The monoisotopic (exact) mass is 306 g/mol. The van der Waals surface area contributed by atoms with Gasteiger partial charge in [-0.1, -0.05) is 5.16 Å². The van der Waals surface area contributed by atoms with E-state index in [0.717, 1.165) is 43.7 Å². The highest BCUT2D eigenvalue weighted by Gasteiger charge is 2.44. The van der Waals surface area contributed by atoms with Crippen LogP contribution in [0.15, 0.2) is 15.6 Å². The maximum absolute atomic E-state index is 12.2. The van der Waals surface area contributed by atoms with Crippen molar-refractivity contribution in [2.24, 2.45) is 16.5 Å². The van der Waals surface area contributed by atoms with E-state index in [1.807, 2.05) is 22.9 Å². The summed E-state index contributed by atoms with van der Waals surface area (Å²) >= 11 is 0. The molecule has 2 atom stereocenters. The highest BCUT2D eigenvalue weighted by molar-refractivity contribution is 5.77. The molecule has 0 radical (unpaired) electrons. The van der Waals surface area contributed by atoms with Gasteiger partial charge in [-0.3, -0.25) is 4.99 Å². The number of hydrogen-bond donors (Lipinski definition) is 2. The fraction of sp³-hybridized carbons (Fsp3) is 0.643. The van der Waals surface area contributed by atoms with E-state index in [0.29, 0.717) is 12.6 Å². The summed E-state index contributed by atoms with van der Waals surface area (Å²) in [4.78, 5) is 19.9. The number of likely N-dealkylation sites (N-methyl/N-ethyl adjacent to an activating group) is 1. The quantitative estimate of drug-likeness (QED) is 0.466. The molecule has 2 saturated heterocycles. The van der Waals surface area contributed by atoms with E-state index in [-0.39, 0.29) is 18.0 Å². The molecule has 8 nitrogen and oxygen atoms in total. The fourth-order valence-electron chi connectivity index (χ4n) is 3.21. The second kappa shape index (κ2) is 5.86. The van der Waals surface area contributed by atoms with Crippen molar-refractivity contribution >= 4 is 12.0 Å². The van der Waals surface area contributed by atoms with Gasteiger partial charge in [-0.15, -0.1) is 0 Å². The number of aryl methyl sites for hydroxylation is 1. The Balaban J connectivity index is 1.62. The minimum atomic E-state index is 0.0314.